The molecule has 2 heterocycles. The van der Waals surface area contributed by atoms with Crippen molar-refractivity contribution in [3.63, 3.8) is 0 Å². The molecule has 1 aromatic heterocycles. The Balaban J connectivity index is 1.83. The highest BCUT2D eigenvalue weighted by atomic mass is 32.2. The molecular weight excluding hydrogens is 293 g/mol. The molecule has 2 aromatic rings. The van der Waals surface area contributed by atoms with Crippen LogP contribution >= 0.6 is 11.8 Å². The van der Waals surface area contributed by atoms with Crippen LogP contribution in [-0.2, 0) is 4.79 Å². The van der Waals surface area contributed by atoms with Gasteiger partial charge >= 0.3 is 0 Å². The van der Waals surface area contributed by atoms with Gasteiger partial charge in [0.05, 0.1) is 23.9 Å². The molecule has 0 spiro atoms. The van der Waals surface area contributed by atoms with Crippen molar-refractivity contribution >= 4 is 34.7 Å². The molecule has 0 aliphatic carbocycles. The van der Waals surface area contributed by atoms with Gasteiger partial charge in [0, 0.05) is 0 Å². The van der Waals surface area contributed by atoms with Crippen LogP contribution in [0.1, 0.15) is 5.76 Å². The van der Waals surface area contributed by atoms with E-state index < -0.39 is 0 Å². The minimum absolute atomic E-state index is 0.112. The topological polar surface area (TPSA) is 58.2 Å². The quantitative estimate of drug-likeness (QED) is 0.647. The number of carbonyl (C=O) groups is 1. The Hall–Kier alpha value is -2.41. The summed E-state index contributed by atoms with van der Waals surface area (Å²) in [5.74, 6) is 0.389. The van der Waals surface area contributed by atoms with Crippen LogP contribution in [0.15, 0.2) is 57.3 Å². The van der Waals surface area contributed by atoms with Crippen LogP contribution in [0.2, 0.25) is 0 Å². The molecule has 0 N–H and O–H groups in total. The number of hydrogen-bond acceptors (Lipinski definition) is 5. The second kappa shape index (κ2) is 5.92. The Morgan fingerprint density at radius 1 is 1.29 bits per heavy atom. The minimum Gasteiger partial charge on any atom is -0.463 e. The lowest BCUT2D eigenvalue weighted by molar-refractivity contribution is -0.115. The molecule has 1 saturated heterocycles. The normalized spacial score (nSPS) is 17.3. The van der Waals surface area contributed by atoms with Gasteiger partial charge in [0.1, 0.15) is 11.6 Å². The first-order valence-corrected chi connectivity index (χ1v) is 7.08. The third-order valence-corrected chi connectivity index (χ3v) is 3.64. The maximum atomic E-state index is 13.0. The molecule has 21 heavy (non-hydrogen) atoms. The molecular formula is C14H10FN3O2S. The third kappa shape index (κ3) is 3.03. The van der Waals surface area contributed by atoms with E-state index in [1.807, 2.05) is 0 Å². The zero-order valence-corrected chi connectivity index (χ0v) is 11.6. The highest BCUT2D eigenvalue weighted by molar-refractivity contribution is 8.15. The monoisotopic (exact) mass is 303 g/mol. The number of halogens is 1. The molecule has 3 rings (SSSR count). The number of thioether (sulfide) groups is 1. The minimum atomic E-state index is -0.354. The molecule has 0 unspecified atom stereocenters. The van der Waals surface area contributed by atoms with Gasteiger partial charge in [0.25, 0.3) is 0 Å². The molecule has 1 fully saturated rings. The zero-order valence-electron chi connectivity index (χ0n) is 10.8. The first kappa shape index (κ1) is 13.6. The zero-order chi connectivity index (χ0) is 14.7. The van der Waals surface area contributed by atoms with Crippen LogP contribution in [0.3, 0.4) is 0 Å². The third-order valence-electron chi connectivity index (χ3n) is 2.72. The predicted molar refractivity (Wildman–Crippen MR) is 80.1 cm³/mol. The van der Waals surface area contributed by atoms with E-state index in [1.165, 1.54) is 53.4 Å². The van der Waals surface area contributed by atoms with E-state index >= 15 is 0 Å². The van der Waals surface area contributed by atoms with Gasteiger partial charge in [-0.1, -0.05) is 11.8 Å². The van der Waals surface area contributed by atoms with Crippen molar-refractivity contribution in [3.8, 4) is 0 Å². The highest BCUT2D eigenvalue weighted by Crippen LogP contribution is 2.26. The smallest absolute Gasteiger partial charge is 0.243 e. The summed E-state index contributed by atoms with van der Waals surface area (Å²) in [5.41, 5.74) is 0.568. The maximum absolute atomic E-state index is 13.0. The van der Waals surface area contributed by atoms with Crippen molar-refractivity contribution in [2.24, 2.45) is 10.2 Å². The number of nitrogens with zero attached hydrogens (tertiary/aromatic N) is 3. The number of furan rings is 1. The number of anilines is 1. The predicted octanol–water partition coefficient (Wildman–Crippen LogP) is 2.89. The van der Waals surface area contributed by atoms with Gasteiger partial charge in [-0.3, -0.25) is 9.69 Å². The first-order valence-electron chi connectivity index (χ1n) is 6.10. The molecule has 1 aliphatic rings. The van der Waals surface area contributed by atoms with Crippen molar-refractivity contribution in [2.45, 2.75) is 0 Å². The number of benzene rings is 1. The van der Waals surface area contributed by atoms with E-state index in [1.54, 1.807) is 12.1 Å². The fourth-order valence-corrected chi connectivity index (χ4v) is 2.60. The lowest BCUT2D eigenvalue weighted by atomic mass is 10.3. The maximum Gasteiger partial charge on any atom is 0.243 e. The number of amides is 1. The van der Waals surface area contributed by atoms with Crippen molar-refractivity contribution in [2.75, 3.05) is 10.7 Å². The average molecular weight is 303 g/mol. The molecule has 5 nitrogen and oxygen atoms in total. The van der Waals surface area contributed by atoms with Crippen LogP contribution in [-0.4, -0.2) is 23.0 Å². The van der Waals surface area contributed by atoms with Gasteiger partial charge < -0.3 is 4.42 Å². The van der Waals surface area contributed by atoms with Crippen LogP contribution in [0.4, 0.5) is 10.1 Å². The molecule has 1 aliphatic heterocycles. The summed E-state index contributed by atoms with van der Waals surface area (Å²) >= 11 is 1.28. The molecule has 1 amide bonds. The molecule has 0 saturated carbocycles. The van der Waals surface area contributed by atoms with Gasteiger partial charge in [-0.15, -0.1) is 5.10 Å². The molecule has 0 bridgehead atoms. The lowest BCUT2D eigenvalue weighted by Crippen LogP contribution is -2.29. The van der Waals surface area contributed by atoms with E-state index in [4.69, 9.17) is 4.42 Å². The fraction of sp³-hybridized carbons (Fsp3) is 0.0714. The van der Waals surface area contributed by atoms with Crippen molar-refractivity contribution in [1.82, 2.24) is 0 Å². The number of rotatable bonds is 3. The van der Waals surface area contributed by atoms with Crippen LogP contribution in [0.5, 0.6) is 0 Å². The Morgan fingerprint density at radius 2 is 2.10 bits per heavy atom. The Labute approximate surface area is 124 Å². The van der Waals surface area contributed by atoms with E-state index in [0.29, 0.717) is 16.6 Å². The SMILES string of the molecule is O=C1CS/C(=N\N=C/c2ccco2)N1c1ccc(F)cc1. The Kier molecular flexibility index (Phi) is 3.83. The summed E-state index contributed by atoms with van der Waals surface area (Å²) in [4.78, 5) is 13.3. The van der Waals surface area contributed by atoms with E-state index in [2.05, 4.69) is 10.2 Å². The summed E-state index contributed by atoms with van der Waals surface area (Å²) in [6, 6.07) is 9.15. The highest BCUT2D eigenvalue weighted by Gasteiger charge is 2.29. The van der Waals surface area contributed by atoms with Crippen LogP contribution < -0.4 is 4.90 Å². The Bertz CT molecular complexity index is 696. The summed E-state index contributed by atoms with van der Waals surface area (Å²) < 4.78 is 18.1. The van der Waals surface area contributed by atoms with Crippen LogP contribution in [0, 0.1) is 5.82 Å². The Morgan fingerprint density at radius 3 is 2.81 bits per heavy atom. The summed E-state index contributed by atoms with van der Waals surface area (Å²) in [7, 11) is 0. The summed E-state index contributed by atoms with van der Waals surface area (Å²) in [6.07, 6.45) is 2.99. The van der Waals surface area contributed by atoms with Crippen molar-refractivity contribution < 1.29 is 13.6 Å². The largest absolute Gasteiger partial charge is 0.463 e. The van der Waals surface area contributed by atoms with E-state index in [-0.39, 0.29) is 17.5 Å². The molecule has 106 valence electrons. The summed E-state index contributed by atoms with van der Waals surface area (Å²) in [5, 5.41) is 8.39. The van der Waals surface area contributed by atoms with E-state index in [9.17, 15) is 9.18 Å². The van der Waals surface area contributed by atoms with Gasteiger partial charge in [0.2, 0.25) is 5.91 Å². The van der Waals surface area contributed by atoms with Gasteiger partial charge in [-0.25, -0.2) is 4.39 Å². The van der Waals surface area contributed by atoms with E-state index in [0.717, 1.165) is 0 Å². The second-order valence-electron chi connectivity index (χ2n) is 4.14. The standard InChI is InChI=1S/C14H10FN3O2S/c15-10-3-5-11(6-4-10)18-13(19)9-21-14(18)17-16-8-12-2-1-7-20-12/h1-8H,9H2/b16-8-,17-14-. The number of amidine groups is 1. The first-order chi connectivity index (χ1) is 10.2. The number of carbonyl (C=O) groups excluding carboxylic acids is 1. The fourth-order valence-electron chi connectivity index (χ4n) is 1.78. The van der Waals surface area contributed by atoms with Crippen molar-refractivity contribution in [3.05, 3.63) is 54.2 Å². The van der Waals surface area contributed by atoms with Gasteiger partial charge in [-0.05, 0) is 36.4 Å². The lowest BCUT2D eigenvalue weighted by Gasteiger charge is -2.14. The van der Waals surface area contributed by atoms with Gasteiger partial charge in [-0.2, -0.15) is 5.10 Å². The molecule has 1 aromatic carbocycles. The van der Waals surface area contributed by atoms with Crippen molar-refractivity contribution in [1.29, 1.82) is 0 Å². The molecule has 7 heteroatoms. The summed E-state index contributed by atoms with van der Waals surface area (Å²) in [6.45, 7) is 0. The molecule has 0 atom stereocenters. The second-order valence-corrected chi connectivity index (χ2v) is 5.08. The molecule has 0 radical (unpaired) electrons. The average Bonchev–Trinajstić information content (AvgIpc) is 3.11. The number of hydrogen-bond donors (Lipinski definition) is 0. The van der Waals surface area contributed by atoms with Gasteiger partial charge in [0.15, 0.2) is 5.17 Å². The van der Waals surface area contributed by atoms with Crippen LogP contribution in [0.25, 0.3) is 0 Å².